The van der Waals surface area contributed by atoms with Crippen molar-refractivity contribution >= 4 is 21.9 Å². The lowest BCUT2D eigenvalue weighted by Crippen LogP contribution is -2.06. The average Bonchev–Trinajstić information content (AvgIpc) is 2.65. The van der Waals surface area contributed by atoms with Crippen LogP contribution in [0.15, 0.2) is 40.0 Å². The monoisotopic (exact) mass is 186 g/mol. The molecule has 0 amide bonds. The minimum absolute atomic E-state index is 0.137. The molecule has 0 saturated carbocycles. The van der Waals surface area contributed by atoms with Crippen molar-refractivity contribution in [2.45, 2.75) is 0 Å². The molecule has 3 rings (SSSR count). The molecule has 0 saturated heterocycles. The number of fused-ring (bicyclic) bond motifs is 3. The zero-order chi connectivity index (χ0) is 9.54. The van der Waals surface area contributed by atoms with Crippen LogP contribution in [0, 0.1) is 0 Å². The molecule has 2 aromatic heterocycles. The molecule has 0 atom stereocenters. The van der Waals surface area contributed by atoms with Gasteiger partial charge in [-0.3, -0.25) is 4.79 Å². The van der Waals surface area contributed by atoms with E-state index in [1.165, 1.54) is 6.33 Å². The Kier molecular flexibility index (Phi) is 1.28. The van der Waals surface area contributed by atoms with E-state index < -0.39 is 0 Å². The molecule has 0 aliphatic rings. The summed E-state index contributed by atoms with van der Waals surface area (Å²) in [7, 11) is 0. The van der Waals surface area contributed by atoms with Crippen LogP contribution in [-0.4, -0.2) is 9.97 Å². The lowest BCUT2D eigenvalue weighted by Gasteiger charge is -1.95. The van der Waals surface area contributed by atoms with Crippen LogP contribution in [0.2, 0.25) is 0 Å². The standard InChI is InChI=1S/C10H6N2O2/c13-10-9-6-3-4-14-8(6)2-1-7(9)11-5-12-10/h1-5H,(H,11,12,13). The molecule has 1 aromatic carbocycles. The first-order valence-corrected chi connectivity index (χ1v) is 4.20. The van der Waals surface area contributed by atoms with E-state index in [4.69, 9.17) is 4.42 Å². The quantitative estimate of drug-likeness (QED) is 0.581. The number of hydrogen-bond donors (Lipinski definition) is 1. The summed E-state index contributed by atoms with van der Waals surface area (Å²) < 4.78 is 5.20. The topological polar surface area (TPSA) is 58.9 Å². The fourth-order valence-corrected chi connectivity index (χ4v) is 1.61. The molecule has 0 fully saturated rings. The normalized spacial score (nSPS) is 11.1. The van der Waals surface area contributed by atoms with Gasteiger partial charge in [0.2, 0.25) is 0 Å². The van der Waals surface area contributed by atoms with Crippen molar-refractivity contribution in [3.05, 3.63) is 41.1 Å². The maximum atomic E-state index is 11.6. The van der Waals surface area contributed by atoms with Gasteiger partial charge in [0, 0.05) is 5.39 Å². The van der Waals surface area contributed by atoms with Gasteiger partial charge in [0.05, 0.1) is 23.5 Å². The minimum atomic E-state index is -0.137. The molecule has 0 aliphatic carbocycles. The molecule has 1 N–H and O–H groups in total. The van der Waals surface area contributed by atoms with E-state index in [-0.39, 0.29) is 5.56 Å². The third kappa shape index (κ3) is 0.821. The third-order valence-electron chi connectivity index (χ3n) is 2.24. The first-order valence-electron chi connectivity index (χ1n) is 4.20. The number of rotatable bonds is 0. The smallest absolute Gasteiger partial charge is 0.259 e. The van der Waals surface area contributed by atoms with E-state index in [9.17, 15) is 4.79 Å². The fraction of sp³-hybridized carbons (Fsp3) is 0. The Labute approximate surface area is 78.2 Å². The average molecular weight is 186 g/mol. The Bertz CT molecular complexity index is 666. The number of aromatic amines is 1. The molecule has 0 aliphatic heterocycles. The largest absolute Gasteiger partial charge is 0.464 e. The molecule has 14 heavy (non-hydrogen) atoms. The van der Waals surface area contributed by atoms with Crippen LogP contribution in [0.3, 0.4) is 0 Å². The Morgan fingerprint density at radius 3 is 3.14 bits per heavy atom. The number of H-pyrrole nitrogens is 1. The van der Waals surface area contributed by atoms with Crippen LogP contribution >= 0.6 is 0 Å². The third-order valence-corrected chi connectivity index (χ3v) is 2.24. The minimum Gasteiger partial charge on any atom is -0.464 e. The van der Waals surface area contributed by atoms with Crippen molar-refractivity contribution in [3.63, 3.8) is 0 Å². The van der Waals surface area contributed by atoms with Gasteiger partial charge in [-0.2, -0.15) is 0 Å². The molecular weight excluding hydrogens is 180 g/mol. The van der Waals surface area contributed by atoms with Crippen LogP contribution in [0.25, 0.3) is 21.9 Å². The van der Waals surface area contributed by atoms with Gasteiger partial charge in [-0.15, -0.1) is 0 Å². The van der Waals surface area contributed by atoms with Crippen molar-refractivity contribution in [2.75, 3.05) is 0 Å². The van der Waals surface area contributed by atoms with E-state index in [1.54, 1.807) is 18.4 Å². The first kappa shape index (κ1) is 7.32. The zero-order valence-electron chi connectivity index (χ0n) is 7.15. The van der Waals surface area contributed by atoms with Crippen LogP contribution in [0.1, 0.15) is 0 Å². The van der Waals surface area contributed by atoms with Gasteiger partial charge in [-0.1, -0.05) is 0 Å². The fourth-order valence-electron chi connectivity index (χ4n) is 1.61. The predicted molar refractivity (Wildman–Crippen MR) is 52.1 cm³/mol. The summed E-state index contributed by atoms with van der Waals surface area (Å²) >= 11 is 0. The van der Waals surface area contributed by atoms with Crippen molar-refractivity contribution in [2.24, 2.45) is 0 Å². The summed E-state index contributed by atoms with van der Waals surface area (Å²) in [6, 6.07) is 5.36. The van der Waals surface area contributed by atoms with Gasteiger partial charge in [0.25, 0.3) is 5.56 Å². The van der Waals surface area contributed by atoms with Crippen molar-refractivity contribution in [1.29, 1.82) is 0 Å². The molecule has 4 nitrogen and oxygen atoms in total. The van der Waals surface area contributed by atoms with Gasteiger partial charge >= 0.3 is 0 Å². The second-order valence-electron chi connectivity index (χ2n) is 3.02. The highest BCUT2D eigenvalue weighted by molar-refractivity contribution is 6.03. The van der Waals surface area contributed by atoms with Crippen molar-refractivity contribution in [3.8, 4) is 0 Å². The van der Waals surface area contributed by atoms with Crippen molar-refractivity contribution < 1.29 is 4.42 Å². The summed E-state index contributed by atoms with van der Waals surface area (Å²) in [6.45, 7) is 0. The second-order valence-corrected chi connectivity index (χ2v) is 3.02. The number of benzene rings is 1. The summed E-state index contributed by atoms with van der Waals surface area (Å²) in [6.07, 6.45) is 2.97. The number of hydrogen-bond acceptors (Lipinski definition) is 3. The van der Waals surface area contributed by atoms with Crippen LogP contribution < -0.4 is 5.56 Å². The number of nitrogens with zero attached hydrogens (tertiary/aromatic N) is 1. The molecular formula is C10H6N2O2. The summed E-state index contributed by atoms with van der Waals surface area (Å²) in [5.41, 5.74) is 1.25. The van der Waals surface area contributed by atoms with E-state index in [2.05, 4.69) is 9.97 Å². The molecule has 0 bridgehead atoms. The van der Waals surface area contributed by atoms with Gasteiger partial charge < -0.3 is 9.40 Å². The van der Waals surface area contributed by atoms with Gasteiger partial charge in [0.15, 0.2) is 0 Å². The lowest BCUT2D eigenvalue weighted by atomic mass is 10.1. The molecule has 2 heterocycles. The van der Waals surface area contributed by atoms with Crippen LogP contribution in [0.5, 0.6) is 0 Å². The molecule has 4 heteroatoms. The predicted octanol–water partition coefficient (Wildman–Crippen LogP) is 1.67. The van der Waals surface area contributed by atoms with Gasteiger partial charge in [0.1, 0.15) is 5.58 Å². The van der Waals surface area contributed by atoms with E-state index >= 15 is 0 Å². The number of furan rings is 1. The molecule has 0 spiro atoms. The van der Waals surface area contributed by atoms with Gasteiger partial charge in [-0.05, 0) is 18.2 Å². The van der Waals surface area contributed by atoms with Gasteiger partial charge in [-0.25, -0.2) is 4.98 Å². The van der Waals surface area contributed by atoms with Crippen LogP contribution in [0.4, 0.5) is 0 Å². The Morgan fingerprint density at radius 2 is 2.21 bits per heavy atom. The Morgan fingerprint density at radius 1 is 1.29 bits per heavy atom. The van der Waals surface area contributed by atoms with E-state index in [0.29, 0.717) is 16.5 Å². The molecule has 0 radical (unpaired) electrons. The summed E-state index contributed by atoms with van der Waals surface area (Å²) in [4.78, 5) is 18.2. The Balaban J connectivity index is 2.74. The van der Waals surface area contributed by atoms with E-state index in [0.717, 1.165) is 5.39 Å². The highest BCUT2D eigenvalue weighted by atomic mass is 16.3. The highest BCUT2D eigenvalue weighted by Crippen LogP contribution is 2.21. The second kappa shape index (κ2) is 2.45. The molecule has 0 unspecified atom stereocenters. The maximum absolute atomic E-state index is 11.6. The number of aromatic nitrogens is 2. The SMILES string of the molecule is O=c1[nH]cnc2ccc3occc3c12. The van der Waals surface area contributed by atoms with E-state index in [1.807, 2.05) is 6.07 Å². The highest BCUT2D eigenvalue weighted by Gasteiger charge is 2.06. The summed E-state index contributed by atoms with van der Waals surface area (Å²) in [5.74, 6) is 0. The first-order chi connectivity index (χ1) is 6.86. The number of nitrogens with one attached hydrogen (secondary N) is 1. The zero-order valence-corrected chi connectivity index (χ0v) is 7.15. The molecule has 68 valence electrons. The molecule has 3 aromatic rings. The van der Waals surface area contributed by atoms with Crippen LogP contribution in [-0.2, 0) is 0 Å². The summed E-state index contributed by atoms with van der Waals surface area (Å²) in [5, 5.41) is 1.38. The lowest BCUT2D eigenvalue weighted by molar-refractivity contribution is 0.616. The maximum Gasteiger partial charge on any atom is 0.259 e. The van der Waals surface area contributed by atoms with Crippen molar-refractivity contribution in [1.82, 2.24) is 9.97 Å². The Hall–Kier alpha value is -2.10.